The number of carbonyl (C=O) groups excluding carboxylic acids is 1. The van der Waals surface area contributed by atoms with Crippen LogP contribution >= 0.6 is 0 Å². The molecule has 0 saturated carbocycles. The number of nitrogens with zero attached hydrogens (tertiary/aromatic N) is 4. The number of hydrogen-bond donors (Lipinski definition) is 2. The fourth-order valence-electron chi connectivity index (χ4n) is 3.20. The lowest BCUT2D eigenvalue weighted by molar-refractivity contribution is 0.0953. The van der Waals surface area contributed by atoms with Gasteiger partial charge in [0.2, 0.25) is 0 Å². The fourth-order valence-corrected chi connectivity index (χ4v) is 3.20. The zero-order chi connectivity index (χ0) is 20.4. The van der Waals surface area contributed by atoms with Crippen LogP contribution in [0.1, 0.15) is 30.1 Å². The Morgan fingerprint density at radius 3 is 3.07 bits per heavy atom. The first kappa shape index (κ1) is 19.1. The summed E-state index contributed by atoms with van der Waals surface area (Å²) in [5, 5.41) is 17.3. The molecule has 0 saturated heterocycles. The molecule has 3 aromatic rings. The predicted octanol–water partition coefficient (Wildman–Crippen LogP) is 2.29. The van der Waals surface area contributed by atoms with Gasteiger partial charge in [-0.15, -0.1) is 0 Å². The molecule has 2 bridgehead atoms. The van der Waals surface area contributed by atoms with Gasteiger partial charge in [-0.1, -0.05) is 6.92 Å². The van der Waals surface area contributed by atoms with Gasteiger partial charge < -0.3 is 20.1 Å². The Labute approximate surface area is 166 Å². The molecule has 29 heavy (non-hydrogen) atoms. The van der Waals surface area contributed by atoms with Gasteiger partial charge in [-0.25, -0.2) is 13.9 Å². The van der Waals surface area contributed by atoms with E-state index in [1.54, 1.807) is 23.2 Å². The second kappa shape index (κ2) is 8.04. The number of β-amino-alcohol motifs (C(OH)–C–C–N with tert-alkyl or cyclic N) is 1. The van der Waals surface area contributed by atoms with Crippen molar-refractivity contribution in [1.82, 2.24) is 19.9 Å². The van der Waals surface area contributed by atoms with Crippen LogP contribution in [0, 0.1) is 5.82 Å². The minimum absolute atomic E-state index is 0.190. The number of benzene rings is 1. The molecule has 0 spiro atoms. The molecular formula is C20H22FN5O3. The molecule has 1 atom stereocenters. The summed E-state index contributed by atoms with van der Waals surface area (Å²) in [6, 6.07) is 5.97. The average molecular weight is 399 g/mol. The quantitative estimate of drug-likeness (QED) is 0.702. The monoisotopic (exact) mass is 399 g/mol. The normalized spacial score (nSPS) is 15.7. The van der Waals surface area contributed by atoms with Crippen molar-refractivity contribution in [3.8, 4) is 5.75 Å². The molecule has 0 aliphatic carbocycles. The van der Waals surface area contributed by atoms with Crippen LogP contribution < -0.4 is 15.0 Å². The van der Waals surface area contributed by atoms with Crippen LogP contribution in [-0.2, 0) is 0 Å². The van der Waals surface area contributed by atoms with E-state index >= 15 is 0 Å². The van der Waals surface area contributed by atoms with Crippen LogP contribution in [0.4, 0.5) is 15.9 Å². The van der Waals surface area contributed by atoms with Gasteiger partial charge in [0.15, 0.2) is 5.65 Å². The van der Waals surface area contributed by atoms with Gasteiger partial charge in [-0.05, 0) is 31.0 Å². The Morgan fingerprint density at radius 1 is 1.38 bits per heavy atom. The number of aliphatic hydroxyl groups excluding tert-OH is 1. The van der Waals surface area contributed by atoms with Crippen LogP contribution in [0.15, 0.2) is 36.7 Å². The Balaban J connectivity index is 1.90. The van der Waals surface area contributed by atoms with E-state index in [2.05, 4.69) is 15.4 Å². The summed E-state index contributed by atoms with van der Waals surface area (Å²) in [5.74, 6) is 0.244. The minimum atomic E-state index is -0.660. The number of aliphatic hydroxyl groups is 1. The fraction of sp³-hybridized carbons (Fsp3) is 0.350. The summed E-state index contributed by atoms with van der Waals surface area (Å²) < 4.78 is 21.5. The molecule has 0 radical (unpaired) electrons. The van der Waals surface area contributed by atoms with Gasteiger partial charge in [-0.2, -0.15) is 5.10 Å². The van der Waals surface area contributed by atoms with E-state index in [1.807, 2.05) is 6.92 Å². The summed E-state index contributed by atoms with van der Waals surface area (Å²) in [7, 11) is 0. The van der Waals surface area contributed by atoms with Gasteiger partial charge in [-0.3, -0.25) is 4.79 Å². The molecule has 4 rings (SSSR count). The van der Waals surface area contributed by atoms with Crippen molar-refractivity contribution >= 4 is 23.1 Å². The Kier molecular flexibility index (Phi) is 5.30. The zero-order valence-corrected chi connectivity index (χ0v) is 16.0. The molecule has 8 nitrogen and oxygen atoms in total. The second-order valence-corrected chi connectivity index (χ2v) is 6.85. The predicted molar refractivity (Wildman–Crippen MR) is 105 cm³/mol. The number of hydrogen-bond acceptors (Lipinski definition) is 6. The number of amides is 1. The summed E-state index contributed by atoms with van der Waals surface area (Å²) >= 11 is 0. The molecular weight excluding hydrogens is 377 g/mol. The zero-order valence-electron chi connectivity index (χ0n) is 16.0. The molecule has 0 unspecified atom stereocenters. The molecule has 9 heteroatoms. The molecule has 1 aliphatic heterocycles. The first-order valence-corrected chi connectivity index (χ1v) is 9.57. The number of carbonyl (C=O) groups is 1. The second-order valence-electron chi connectivity index (χ2n) is 6.85. The smallest absolute Gasteiger partial charge is 0.256 e. The van der Waals surface area contributed by atoms with E-state index in [-0.39, 0.29) is 12.5 Å². The van der Waals surface area contributed by atoms with E-state index in [1.165, 1.54) is 22.8 Å². The summed E-state index contributed by atoms with van der Waals surface area (Å²) in [5.41, 5.74) is 1.20. The molecule has 0 fully saturated rings. The van der Waals surface area contributed by atoms with Crippen LogP contribution in [0.2, 0.25) is 0 Å². The van der Waals surface area contributed by atoms with Crippen molar-refractivity contribution in [2.45, 2.75) is 25.9 Å². The third kappa shape index (κ3) is 3.86. The topological polar surface area (TPSA) is 92.0 Å². The first-order valence-electron chi connectivity index (χ1n) is 9.57. The Hall–Kier alpha value is -3.20. The largest absolute Gasteiger partial charge is 0.491 e. The molecule has 2 N–H and O–H groups in total. The van der Waals surface area contributed by atoms with Crippen LogP contribution in [0.3, 0.4) is 0 Å². The minimum Gasteiger partial charge on any atom is -0.491 e. The van der Waals surface area contributed by atoms with Gasteiger partial charge in [0, 0.05) is 18.8 Å². The van der Waals surface area contributed by atoms with Crippen molar-refractivity contribution in [1.29, 1.82) is 0 Å². The number of rotatable bonds is 3. The maximum Gasteiger partial charge on any atom is 0.256 e. The van der Waals surface area contributed by atoms with Gasteiger partial charge in [0.1, 0.15) is 22.9 Å². The molecule has 1 aliphatic rings. The highest BCUT2D eigenvalue weighted by molar-refractivity contribution is 5.99. The number of aromatic nitrogens is 3. The van der Waals surface area contributed by atoms with Crippen LogP contribution in [0.25, 0.3) is 5.65 Å². The Morgan fingerprint density at radius 2 is 2.24 bits per heavy atom. The number of halogens is 1. The van der Waals surface area contributed by atoms with E-state index in [0.717, 1.165) is 0 Å². The van der Waals surface area contributed by atoms with Crippen LogP contribution in [0.5, 0.6) is 5.75 Å². The average Bonchev–Trinajstić information content (AvgIpc) is 3.15. The number of anilines is 2. The highest BCUT2D eigenvalue weighted by atomic mass is 19.1. The lowest BCUT2D eigenvalue weighted by Gasteiger charge is -2.28. The van der Waals surface area contributed by atoms with Gasteiger partial charge in [0.25, 0.3) is 5.91 Å². The lowest BCUT2D eigenvalue weighted by atomic mass is 10.2. The highest BCUT2D eigenvalue weighted by Gasteiger charge is 2.22. The molecule has 1 aromatic carbocycles. The summed E-state index contributed by atoms with van der Waals surface area (Å²) in [6.45, 7) is 2.82. The summed E-state index contributed by atoms with van der Waals surface area (Å²) in [4.78, 5) is 18.8. The number of fused-ring (bicyclic) bond motifs is 2. The lowest BCUT2D eigenvalue weighted by Crippen LogP contribution is -2.29. The van der Waals surface area contributed by atoms with Gasteiger partial charge >= 0.3 is 0 Å². The molecule has 1 amide bonds. The van der Waals surface area contributed by atoms with Crippen molar-refractivity contribution in [2.24, 2.45) is 0 Å². The third-order valence-corrected chi connectivity index (χ3v) is 4.82. The SMILES string of the molecule is CC[C@@H](O)CN1c2ccn3ncc(c3n2)C(=O)NCCCOc2ccc(F)cc21. The van der Waals surface area contributed by atoms with E-state index < -0.39 is 11.9 Å². The molecule has 152 valence electrons. The van der Waals surface area contributed by atoms with E-state index in [4.69, 9.17) is 4.74 Å². The molecule has 2 aromatic heterocycles. The standard InChI is InChI=1S/C20H22FN5O3/c1-2-14(27)12-25-16-10-13(21)4-5-17(16)29-9-3-7-22-20(28)15-11-23-26-8-6-18(25)24-19(15)26/h4-6,8,10-11,14,27H,2-3,7,9,12H2,1H3,(H,22,28)/t14-/m1/s1. The highest BCUT2D eigenvalue weighted by Crippen LogP contribution is 2.34. The van der Waals surface area contributed by atoms with E-state index in [9.17, 15) is 14.3 Å². The van der Waals surface area contributed by atoms with Gasteiger partial charge in [0.05, 0.1) is 31.1 Å². The number of ether oxygens (including phenoxy) is 1. The van der Waals surface area contributed by atoms with E-state index in [0.29, 0.717) is 54.5 Å². The van der Waals surface area contributed by atoms with Crippen LogP contribution in [-0.4, -0.2) is 51.4 Å². The maximum atomic E-state index is 14.1. The van der Waals surface area contributed by atoms with Crippen molar-refractivity contribution in [2.75, 3.05) is 24.6 Å². The first-order chi connectivity index (χ1) is 14.1. The third-order valence-electron chi connectivity index (χ3n) is 4.82. The molecule has 3 heterocycles. The van der Waals surface area contributed by atoms with Crippen molar-refractivity contribution in [3.63, 3.8) is 0 Å². The van der Waals surface area contributed by atoms with Crippen molar-refractivity contribution in [3.05, 3.63) is 48.0 Å². The Bertz CT molecular complexity index is 1040. The van der Waals surface area contributed by atoms with Crippen molar-refractivity contribution < 1.29 is 19.0 Å². The number of nitrogens with one attached hydrogen (secondary N) is 1. The summed E-state index contributed by atoms with van der Waals surface area (Å²) in [6.07, 6.45) is 3.59. The maximum absolute atomic E-state index is 14.1.